The largest absolute Gasteiger partial charge is 0.390 e. The molecule has 0 spiro atoms. The molecule has 0 saturated carbocycles. The van der Waals surface area contributed by atoms with Gasteiger partial charge in [0.05, 0.1) is 6.42 Å². The first kappa shape index (κ1) is 17.7. The van der Waals surface area contributed by atoms with Gasteiger partial charge in [-0.3, -0.25) is 4.90 Å². The summed E-state index contributed by atoms with van der Waals surface area (Å²) in [4.78, 5) is 1.98. The molecule has 144 valence electrons. The minimum atomic E-state index is -4.21. The lowest BCUT2D eigenvalue weighted by Gasteiger charge is -2.36. The van der Waals surface area contributed by atoms with Gasteiger partial charge in [0, 0.05) is 32.2 Å². The van der Waals surface area contributed by atoms with Crippen molar-refractivity contribution in [1.29, 1.82) is 0 Å². The fraction of sp³-hybridized carbons (Fsp3) is 0.304. The van der Waals surface area contributed by atoms with Crippen LogP contribution < -0.4 is 5.32 Å². The van der Waals surface area contributed by atoms with E-state index in [0.29, 0.717) is 13.1 Å². The molecule has 1 aliphatic heterocycles. The van der Waals surface area contributed by atoms with Crippen LogP contribution in [0.4, 0.5) is 13.2 Å². The number of rotatable bonds is 3. The molecule has 4 aromatic carbocycles. The van der Waals surface area contributed by atoms with Gasteiger partial charge in [-0.15, -0.1) is 0 Å². The summed E-state index contributed by atoms with van der Waals surface area (Å²) in [5, 5.41) is 9.73. The van der Waals surface area contributed by atoms with Crippen LogP contribution in [0.3, 0.4) is 0 Å². The quantitative estimate of drug-likeness (QED) is 0.472. The molecule has 28 heavy (non-hydrogen) atoms. The fourth-order valence-corrected chi connectivity index (χ4v) is 4.70. The Kier molecular flexibility index (Phi) is 4.18. The number of hydrogen-bond acceptors (Lipinski definition) is 2. The topological polar surface area (TPSA) is 15.3 Å². The van der Waals surface area contributed by atoms with E-state index in [1.807, 2.05) is 35.2 Å². The van der Waals surface area contributed by atoms with E-state index >= 15 is 0 Å². The zero-order chi connectivity index (χ0) is 19.3. The summed E-state index contributed by atoms with van der Waals surface area (Å²) in [7, 11) is 0. The van der Waals surface area contributed by atoms with E-state index in [1.54, 1.807) is 0 Å². The molecule has 0 radical (unpaired) electrons. The molecule has 0 amide bonds. The number of benzene rings is 4. The van der Waals surface area contributed by atoms with Crippen molar-refractivity contribution >= 4 is 32.3 Å². The van der Waals surface area contributed by atoms with Gasteiger partial charge in [-0.1, -0.05) is 54.6 Å². The van der Waals surface area contributed by atoms with Crippen molar-refractivity contribution in [2.75, 3.05) is 26.2 Å². The van der Waals surface area contributed by atoms with Crippen LogP contribution in [-0.2, 0) is 0 Å². The van der Waals surface area contributed by atoms with Gasteiger partial charge in [-0.25, -0.2) is 0 Å². The van der Waals surface area contributed by atoms with E-state index in [-0.39, 0.29) is 0 Å². The lowest BCUT2D eigenvalue weighted by atomic mass is 9.88. The van der Waals surface area contributed by atoms with Crippen LogP contribution in [0, 0.1) is 0 Å². The van der Waals surface area contributed by atoms with Crippen LogP contribution in [0.25, 0.3) is 32.3 Å². The minimum absolute atomic E-state index is 0.628. The third kappa shape index (κ3) is 2.99. The van der Waals surface area contributed by atoms with Crippen molar-refractivity contribution < 1.29 is 13.2 Å². The van der Waals surface area contributed by atoms with Gasteiger partial charge in [-0.05, 0) is 37.9 Å². The van der Waals surface area contributed by atoms with Crippen molar-refractivity contribution in [2.45, 2.75) is 18.6 Å². The summed E-state index contributed by atoms with van der Waals surface area (Å²) in [6.45, 7) is 2.70. The molecule has 4 aromatic rings. The van der Waals surface area contributed by atoms with E-state index in [0.717, 1.165) is 51.0 Å². The maximum absolute atomic E-state index is 13.5. The number of piperazine rings is 1. The first-order valence-corrected chi connectivity index (χ1v) is 9.69. The maximum atomic E-state index is 13.5. The van der Waals surface area contributed by atoms with Gasteiger partial charge in [0.25, 0.3) is 0 Å². The summed E-state index contributed by atoms with van der Waals surface area (Å²) in [5.74, 6) is 0. The lowest BCUT2D eigenvalue weighted by molar-refractivity contribution is -0.148. The highest BCUT2D eigenvalue weighted by Gasteiger charge is 2.36. The Morgan fingerprint density at radius 1 is 0.821 bits per heavy atom. The normalized spacial score (nSPS) is 17.7. The molecule has 2 nitrogen and oxygen atoms in total. The van der Waals surface area contributed by atoms with Crippen LogP contribution in [0.5, 0.6) is 0 Å². The third-order valence-corrected chi connectivity index (χ3v) is 5.94. The molecule has 1 heterocycles. The van der Waals surface area contributed by atoms with Crippen LogP contribution in [0.1, 0.15) is 18.0 Å². The van der Waals surface area contributed by atoms with Crippen LogP contribution >= 0.6 is 0 Å². The van der Waals surface area contributed by atoms with E-state index in [4.69, 9.17) is 0 Å². The van der Waals surface area contributed by atoms with Crippen molar-refractivity contribution in [3.05, 3.63) is 60.2 Å². The molecule has 0 aromatic heterocycles. The molecule has 0 bridgehead atoms. The van der Waals surface area contributed by atoms with Gasteiger partial charge in [0.15, 0.2) is 0 Å². The molecule has 0 unspecified atom stereocenters. The van der Waals surface area contributed by atoms with Crippen LogP contribution in [-0.4, -0.2) is 37.3 Å². The first-order valence-electron chi connectivity index (χ1n) is 9.69. The van der Waals surface area contributed by atoms with Crippen molar-refractivity contribution in [1.82, 2.24) is 10.2 Å². The SMILES string of the molecule is FC(F)(F)C[C@@H](c1ccc2ccc3cccc4ccc1c2c34)N1CCNCC1. The predicted molar refractivity (Wildman–Crippen MR) is 108 cm³/mol. The molecule has 1 fully saturated rings. The number of alkyl halides is 3. The summed E-state index contributed by atoms with van der Waals surface area (Å²) < 4.78 is 40.5. The highest BCUT2D eigenvalue weighted by molar-refractivity contribution is 6.23. The second-order valence-corrected chi connectivity index (χ2v) is 7.63. The summed E-state index contributed by atoms with van der Waals surface area (Å²) in [6, 6.07) is 17.6. The highest BCUT2D eigenvalue weighted by Crippen LogP contribution is 2.41. The molecule has 0 aliphatic carbocycles. The van der Waals surface area contributed by atoms with Gasteiger partial charge < -0.3 is 5.32 Å². The fourth-order valence-electron chi connectivity index (χ4n) is 4.70. The maximum Gasteiger partial charge on any atom is 0.390 e. The van der Waals surface area contributed by atoms with Gasteiger partial charge in [0.1, 0.15) is 0 Å². The Morgan fingerprint density at radius 2 is 1.43 bits per heavy atom. The van der Waals surface area contributed by atoms with E-state index in [9.17, 15) is 13.2 Å². The molecular weight excluding hydrogens is 361 g/mol. The summed E-state index contributed by atoms with van der Waals surface area (Å²) >= 11 is 0. The minimum Gasteiger partial charge on any atom is -0.314 e. The molecule has 1 saturated heterocycles. The Labute approximate surface area is 161 Å². The van der Waals surface area contributed by atoms with Gasteiger partial charge >= 0.3 is 6.18 Å². The number of halogens is 3. The molecule has 5 rings (SSSR count). The van der Waals surface area contributed by atoms with E-state index in [2.05, 4.69) is 29.6 Å². The van der Waals surface area contributed by atoms with Gasteiger partial charge in [-0.2, -0.15) is 13.2 Å². The smallest absolute Gasteiger partial charge is 0.314 e. The predicted octanol–water partition coefficient (Wildman–Crippen LogP) is 5.48. The third-order valence-electron chi connectivity index (χ3n) is 5.94. The first-order chi connectivity index (χ1) is 13.5. The Hall–Kier alpha value is -2.37. The van der Waals surface area contributed by atoms with Crippen LogP contribution in [0.15, 0.2) is 54.6 Å². The Balaban J connectivity index is 1.75. The van der Waals surface area contributed by atoms with Crippen molar-refractivity contribution in [3.63, 3.8) is 0 Å². The summed E-state index contributed by atoms with van der Waals surface area (Å²) in [6.07, 6.45) is -5.03. The monoisotopic (exact) mass is 382 g/mol. The Bertz CT molecular complexity index is 1110. The molecular formula is C23H21F3N2. The van der Waals surface area contributed by atoms with Crippen molar-refractivity contribution in [3.8, 4) is 0 Å². The van der Waals surface area contributed by atoms with E-state index < -0.39 is 18.6 Å². The molecule has 1 aliphatic rings. The van der Waals surface area contributed by atoms with E-state index in [1.165, 1.54) is 0 Å². The number of hydrogen-bond donors (Lipinski definition) is 1. The number of nitrogens with zero attached hydrogens (tertiary/aromatic N) is 1. The second-order valence-electron chi connectivity index (χ2n) is 7.63. The average Bonchev–Trinajstić information content (AvgIpc) is 2.70. The molecule has 1 N–H and O–H groups in total. The van der Waals surface area contributed by atoms with Crippen LogP contribution in [0.2, 0.25) is 0 Å². The highest BCUT2D eigenvalue weighted by atomic mass is 19.4. The zero-order valence-corrected chi connectivity index (χ0v) is 15.4. The summed E-state index contributed by atoms with van der Waals surface area (Å²) in [5.41, 5.74) is 0.782. The number of nitrogens with one attached hydrogen (secondary N) is 1. The average molecular weight is 382 g/mol. The van der Waals surface area contributed by atoms with Gasteiger partial charge in [0.2, 0.25) is 0 Å². The zero-order valence-electron chi connectivity index (χ0n) is 15.4. The molecule has 5 heteroatoms. The second kappa shape index (κ2) is 6.61. The lowest BCUT2D eigenvalue weighted by Crippen LogP contribution is -2.46. The Morgan fingerprint density at radius 3 is 2.11 bits per heavy atom. The van der Waals surface area contributed by atoms with Crippen molar-refractivity contribution in [2.24, 2.45) is 0 Å². The standard InChI is InChI=1S/C23H21F3N2/c24-23(25,26)14-20(28-12-10-27-11-13-28)18-8-6-17-5-4-15-2-1-3-16-7-9-19(18)22(17)21(15)16/h1-9,20,27H,10-14H2/t20-/m0/s1. The molecule has 1 atom stereocenters.